The van der Waals surface area contributed by atoms with Gasteiger partial charge in [0.15, 0.2) is 0 Å². The number of rotatable bonds is 3. The van der Waals surface area contributed by atoms with Gasteiger partial charge in [0, 0.05) is 0 Å². The average molecular weight is 368 g/mol. The first-order valence-electron chi connectivity index (χ1n) is 5.61. The van der Waals surface area contributed by atoms with Crippen molar-refractivity contribution in [3.63, 3.8) is 0 Å². The summed E-state index contributed by atoms with van der Waals surface area (Å²) in [4.78, 5) is 0. The summed E-state index contributed by atoms with van der Waals surface area (Å²) >= 11 is 0. The predicted octanol–water partition coefficient (Wildman–Crippen LogP) is -5.77. The van der Waals surface area contributed by atoms with Gasteiger partial charge in [-0.15, -0.1) is 6.42 Å². The van der Waals surface area contributed by atoms with E-state index >= 15 is 0 Å². The van der Waals surface area contributed by atoms with Crippen molar-refractivity contribution in [1.29, 1.82) is 0 Å². The molecule has 0 saturated carbocycles. The maximum absolute atomic E-state index is 3.51. The molecule has 0 bridgehead atoms. The third-order valence-electron chi connectivity index (χ3n) is 3.41. The number of hydrogen-bond acceptors (Lipinski definition) is 0. The Labute approximate surface area is 151 Å². The van der Waals surface area contributed by atoms with Crippen LogP contribution in [0.3, 0.4) is 0 Å². The molecule has 102 valence electrons. The summed E-state index contributed by atoms with van der Waals surface area (Å²) in [5.41, 5.74) is 0. The van der Waals surface area contributed by atoms with E-state index in [9.17, 15) is 0 Å². The standard InChI is InChI=1S/C14H17Si.3ClH.Ti/c1-3-15(2,14-11-7-8-12-14)13-9-5-4-6-10-13;;;;/h4-7,9-11H,3,8H2,1-2H3;3*1H;/q-1;;;;+4/p-3. The molecule has 1 atom stereocenters. The van der Waals surface area contributed by atoms with Crippen molar-refractivity contribution in [3.8, 4) is 0 Å². The third-order valence-corrected chi connectivity index (χ3v) is 7.96. The van der Waals surface area contributed by atoms with E-state index in [4.69, 9.17) is 0 Å². The molecular formula is C14H17Cl3SiTi. The van der Waals surface area contributed by atoms with Crippen LogP contribution in [-0.4, -0.2) is 8.07 Å². The van der Waals surface area contributed by atoms with Crippen LogP contribution in [0.4, 0.5) is 0 Å². The molecule has 1 aliphatic rings. The van der Waals surface area contributed by atoms with Gasteiger partial charge in [-0.3, -0.25) is 6.08 Å². The summed E-state index contributed by atoms with van der Waals surface area (Å²) in [6.45, 7) is 4.75. The van der Waals surface area contributed by atoms with Crippen molar-refractivity contribution in [1.82, 2.24) is 0 Å². The van der Waals surface area contributed by atoms with Crippen LogP contribution in [0.25, 0.3) is 0 Å². The van der Waals surface area contributed by atoms with E-state index in [-0.39, 0.29) is 58.9 Å². The van der Waals surface area contributed by atoms with Crippen LogP contribution in [0.1, 0.15) is 13.3 Å². The molecule has 0 N–H and O–H groups in total. The second-order valence-electron chi connectivity index (χ2n) is 4.25. The molecule has 0 saturated heterocycles. The Morgan fingerprint density at radius 1 is 1.11 bits per heavy atom. The van der Waals surface area contributed by atoms with E-state index in [1.165, 1.54) is 16.4 Å². The zero-order valence-electron chi connectivity index (χ0n) is 11.1. The Morgan fingerprint density at radius 3 is 2.11 bits per heavy atom. The molecular weight excluding hydrogens is 350 g/mol. The fourth-order valence-corrected chi connectivity index (χ4v) is 5.15. The first-order valence-corrected chi connectivity index (χ1v) is 8.31. The first-order chi connectivity index (χ1) is 7.27. The number of hydrogen-bond donors (Lipinski definition) is 0. The van der Waals surface area contributed by atoms with Crippen LogP contribution < -0.4 is 42.4 Å². The summed E-state index contributed by atoms with van der Waals surface area (Å²) in [6.07, 6.45) is 9.02. The van der Waals surface area contributed by atoms with Crippen molar-refractivity contribution in [2.24, 2.45) is 0 Å². The van der Waals surface area contributed by atoms with Gasteiger partial charge in [-0.25, -0.2) is 11.3 Å². The molecule has 0 spiro atoms. The van der Waals surface area contributed by atoms with Crippen molar-refractivity contribution in [3.05, 3.63) is 53.8 Å². The zero-order chi connectivity index (χ0) is 10.7. The molecule has 2 rings (SSSR count). The fourth-order valence-electron chi connectivity index (χ4n) is 2.14. The Balaban J connectivity index is -0.000000640. The fraction of sp³-hybridized carbons (Fsp3) is 0.286. The minimum Gasteiger partial charge on any atom is -1.00 e. The Hall–Kier alpha value is 0.501. The SMILES string of the molecule is CC[Si](C)(C1=[C-]CC=C1)c1ccccc1.[Cl-].[Cl-].[Cl-].[Ti+4]. The molecule has 0 aliphatic heterocycles. The Morgan fingerprint density at radius 2 is 1.68 bits per heavy atom. The van der Waals surface area contributed by atoms with E-state index < -0.39 is 8.07 Å². The van der Waals surface area contributed by atoms with E-state index in [1.54, 1.807) is 0 Å². The van der Waals surface area contributed by atoms with E-state index in [1.807, 2.05) is 0 Å². The molecule has 0 nitrogen and oxygen atoms in total. The van der Waals surface area contributed by atoms with Crippen LogP contribution in [0.2, 0.25) is 12.6 Å². The van der Waals surface area contributed by atoms with Gasteiger partial charge >= 0.3 is 21.7 Å². The van der Waals surface area contributed by atoms with Gasteiger partial charge in [-0.2, -0.15) is 6.08 Å². The van der Waals surface area contributed by atoms with Gasteiger partial charge in [0.05, 0.1) is 8.07 Å². The average Bonchev–Trinajstić information content (AvgIpc) is 2.83. The summed E-state index contributed by atoms with van der Waals surface area (Å²) in [5, 5.41) is 3.01. The van der Waals surface area contributed by atoms with E-state index in [0.29, 0.717) is 0 Å². The molecule has 1 aliphatic carbocycles. The van der Waals surface area contributed by atoms with Gasteiger partial charge < -0.3 is 37.2 Å². The van der Waals surface area contributed by atoms with Crippen molar-refractivity contribution in [2.75, 3.05) is 0 Å². The monoisotopic (exact) mass is 366 g/mol. The van der Waals surface area contributed by atoms with Gasteiger partial charge in [0.25, 0.3) is 0 Å². The van der Waals surface area contributed by atoms with Gasteiger partial charge in [-0.1, -0.05) is 55.0 Å². The summed E-state index contributed by atoms with van der Waals surface area (Å²) < 4.78 is 0. The second kappa shape index (κ2) is 11.2. The Bertz CT molecular complexity index is 406. The Kier molecular flexibility index (Phi) is 14.4. The quantitative estimate of drug-likeness (QED) is 0.369. The van der Waals surface area contributed by atoms with E-state index in [0.717, 1.165) is 6.42 Å². The first kappa shape index (κ1) is 24.5. The minimum atomic E-state index is -1.45. The van der Waals surface area contributed by atoms with Crippen molar-refractivity contribution in [2.45, 2.75) is 25.9 Å². The van der Waals surface area contributed by atoms with Gasteiger partial charge in [0.1, 0.15) is 0 Å². The molecule has 1 aromatic carbocycles. The molecule has 0 fully saturated rings. The predicted molar refractivity (Wildman–Crippen MR) is 68.7 cm³/mol. The maximum Gasteiger partial charge on any atom is 4.00 e. The van der Waals surface area contributed by atoms with Crippen LogP contribution in [0, 0.1) is 6.08 Å². The number of halogens is 3. The van der Waals surface area contributed by atoms with Crippen LogP contribution in [-0.2, 0) is 21.7 Å². The minimum absolute atomic E-state index is 0. The maximum atomic E-state index is 3.51. The number of allylic oxidation sites excluding steroid dienone is 4. The van der Waals surface area contributed by atoms with Crippen LogP contribution in [0.15, 0.2) is 47.7 Å². The topological polar surface area (TPSA) is 0 Å². The molecule has 19 heavy (non-hydrogen) atoms. The largest absolute Gasteiger partial charge is 4.00 e. The third kappa shape index (κ3) is 5.41. The smallest absolute Gasteiger partial charge is 1.00 e. The van der Waals surface area contributed by atoms with Crippen molar-refractivity contribution >= 4 is 13.3 Å². The number of benzene rings is 1. The summed E-state index contributed by atoms with van der Waals surface area (Å²) in [5.74, 6) is 0. The van der Waals surface area contributed by atoms with Gasteiger partial charge in [-0.05, 0) is 0 Å². The summed E-state index contributed by atoms with van der Waals surface area (Å²) in [7, 11) is -1.45. The van der Waals surface area contributed by atoms with Crippen LogP contribution >= 0.6 is 0 Å². The van der Waals surface area contributed by atoms with Crippen LogP contribution in [0.5, 0.6) is 0 Å². The molecule has 0 heterocycles. The summed E-state index contributed by atoms with van der Waals surface area (Å²) in [6, 6.07) is 12.2. The normalized spacial score (nSPS) is 14.7. The second-order valence-corrected chi connectivity index (χ2v) is 8.74. The van der Waals surface area contributed by atoms with Gasteiger partial charge in [0.2, 0.25) is 0 Å². The molecule has 1 unspecified atom stereocenters. The molecule has 0 radical (unpaired) electrons. The molecule has 0 aromatic heterocycles. The zero-order valence-corrected chi connectivity index (χ0v) is 15.9. The van der Waals surface area contributed by atoms with Crippen molar-refractivity contribution < 1.29 is 58.9 Å². The van der Waals surface area contributed by atoms with E-state index in [2.05, 4.69) is 62.0 Å². The molecule has 0 amide bonds. The molecule has 5 heteroatoms. The molecule has 1 aromatic rings.